The molecule has 1 saturated heterocycles. The van der Waals surface area contributed by atoms with Gasteiger partial charge in [0.15, 0.2) is 0 Å². The zero-order valence-electron chi connectivity index (χ0n) is 14.7. The van der Waals surface area contributed by atoms with Crippen LogP contribution in [-0.4, -0.2) is 49.6 Å². The zero-order chi connectivity index (χ0) is 19.4. The zero-order valence-corrected chi connectivity index (χ0v) is 15.5. The number of carbonyl (C=O) groups is 1. The van der Waals surface area contributed by atoms with Gasteiger partial charge >= 0.3 is 5.51 Å². The molecule has 2 aromatic carbocycles. The number of rotatable bonds is 4. The number of benzene rings is 2. The number of alkyl halides is 3. The molecule has 0 aromatic heterocycles. The summed E-state index contributed by atoms with van der Waals surface area (Å²) in [6, 6.07) is 13.3. The van der Waals surface area contributed by atoms with E-state index in [1.807, 2.05) is 24.3 Å². The summed E-state index contributed by atoms with van der Waals surface area (Å²) in [6.07, 6.45) is 0. The number of carbonyl (C=O) groups excluding carboxylic acids is 1. The summed E-state index contributed by atoms with van der Waals surface area (Å²) < 4.78 is 42.4. The Kier molecular flexibility index (Phi) is 5.84. The van der Waals surface area contributed by atoms with E-state index in [4.69, 9.17) is 4.74 Å². The van der Waals surface area contributed by atoms with Crippen molar-refractivity contribution in [1.29, 1.82) is 0 Å². The van der Waals surface area contributed by atoms with Gasteiger partial charge in [0.25, 0.3) is 5.91 Å². The van der Waals surface area contributed by atoms with Gasteiger partial charge < -0.3 is 14.5 Å². The maximum absolute atomic E-state index is 12.6. The van der Waals surface area contributed by atoms with Gasteiger partial charge in [-0.2, -0.15) is 13.2 Å². The van der Waals surface area contributed by atoms with E-state index in [9.17, 15) is 18.0 Å². The molecule has 0 atom stereocenters. The van der Waals surface area contributed by atoms with Crippen molar-refractivity contribution in [3.63, 3.8) is 0 Å². The van der Waals surface area contributed by atoms with Crippen LogP contribution in [-0.2, 0) is 0 Å². The smallest absolute Gasteiger partial charge is 0.446 e. The molecule has 0 N–H and O–H groups in total. The van der Waals surface area contributed by atoms with Crippen LogP contribution in [0.15, 0.2) is 53.4 Å². The summed E-state index contributed by atoms with van der Waals surface area (Å²) in [7, 11) is 1.62. The predicted octanol–water partition coefficient (Wildman–Crippen LogP) is 4.27. The molecule has 0 radical (unpaired) electrons. The summed E-state index contributed by atoms with van der Waals surface area (Å²) in [5.41, 5.74) is -2.89. The highest BCUT2D eigenvalue weighted by atomic mass is 32.2. The first-order chi connectivity index (χ1) is 12.9. The van der Waals surface area contributed by atoms with Crippen molar-refractivity contribution in [1.82, 2.24) is 4.90 Å². The fourth-order valence-corrected chi connectivity index (χ4v) is 3.50. The molecule has 0 aliphatic carbocycles. The molecule has 3 rings (SSSR count). The summed E-state index contributed by atoms with van der Waals surface area (Å²) in [6.45, 7) is 2.46. The maximum Gasteiger partial charge on any atom is 0.446 e. The summed E-state index contributed by atoms with van der Waals surface area (Å²) in [5.74, 6) is 0.617. The summed E-state index contributed by atoms with van der Waals surface area (Å²) in [4.78, 5) is 16.6. The standard InChI is InChI=1S/C19H19F3N2O2S/c1-26-16-4-2-3-15(13-16)23-9-11-24(12-10-23)18(25)14-5-7-17(8-6-14)27-19(20,21)22/h2-8,13H,9-12H2,1H3. The Hall–Kier alpha value is -2.35. The number of ether oxygens (including phenoxy) is 1. The van der Waals surface area contributed by atoms with E-state index < -0.39 is 5.51 Å². The number of hydrogen-bond acceptors (Lipinski definition) is 4. The van der Waals surface area contributed by atoms with Gasteiger partial charge in [-0.1, -0.05) is 6.07 Å². The van der Waals surface area contributed by atoms with Gasteiger partial charge in [0, 0.05) is 48.4 Å². The summed E-state index contributed by atoms with van der Waals surface area (Å²) in [5, 5.41) is 0. The molecule has 1 aliphatic rings. The van der Waals surface area contributed by atoms with E-state index >= 15 is 0 Å². The third kappa shape index (κ3) is 5.09. The SMILES string of the molecule is COc1cccc(N2CCN(C(=O)c3ccc(SC(F)(F)F)cc3)CC2)c1. The van der Waals surface area contributed by atoms with Crippen molar-refractivity contribution in [2.24, 2.45) is 0 Å². The highest BCUT2D eigenvalue weighted by Gasteiger charge is 2.29. The van der Waals surface area contributed by atoms with Crippen LogP contribution in [0.4, 0.5) is 18.9 Å². The maximum atomic E-state index is 12.6. The van der Waals surface area contributed by atoms with E-state index in [0.717, 1.165) is 11.4 Å². The van der Waals surface area contributed by atoms with Crippen LogP contribution in [0.25, 0.3) is 0 Å². The minimum atomic E-state index is -4.33. The van der Waals surface area contributed by atoms with Gasteiger partial charge in [-0.05, 0) is 48.2 Å². The number of halogens is 3. The highest BCUT2D eigenvalue weighted by Crippen LogP contribution is 2.36. The topological polar surface area (TPSA) is 32.8 Å². The molecule has 2 aromatic rings. The molecule has 0 spiro atoms. The molecule has 1 fully saturated rings. The molecular weight excluding hydrogens is 377 g/mol. The van der Waals surface area contributed by atoms with E-state index in [1.54, 1.807) is 12.0 Å². The molecule has 144 valence electrons. The molecule has 4 nitrogen and oxygen atoms in total. The van der Waals surface area contributed by atoms with Crippen molar-refractivity contribution in [3.05, 3.63) is 54.1 Å². The molecule has 0 saturated carbocycles. The van der Waals surface area contributed by atoms with Crippen LogP contribution in [0.1, 0.15) is 10.4 Å². The lowest BCUT2D eigenvalue weighted by atomic mass is 10.1. The normalized spacial score (nSPS) is 15.0. The fourth-order valence-electron chi connectivity index (χ4n) is 2.96. The van der Waals surface area contributed by atoms with Crippen LogP contribution >= 0.6 is 11.8 Å². The number of amides is 1. The molecule has 27 heavy (non-hydrogen) atoms. The Bertz CT molecular complexity index is 788. The first kappa shape index (κ1) is 19.4. The molecular formula is C19H19F3N2O2S. The number of nitrogens with zero attached hydrogens (tertiary/aromatic N) is 2. The Labute approximate surface area is 159 Å². The van der Waals surface area contributed by atoms with Gasteiger partial charge in [0.1, 0.15) is 5.75 Å². The van der Waals surface area contributed by atoms with Gasteiger partial charge in [0.05, 0.1) is 7.11 Å². The Balaban J connectivity index is 1.59. The molecule has 0 unspecified atom stereocenters. The van der Waals surface area contributed by atoms with Gasteiger partial charge in [0.2, 0.25) is 0 Å². The molecule has 1 aliphatic heterocycles. The van der Waals surface area contributed by atoms with Crippen LogP contribution in [0.5, 0.6) is 5.75 Å². The lowest BCUT2D eigenvalue weighted by molar-refractivity contribution is -0.0328. The number of anilines is 1. The number of hydrogen-bond donors (Lipinski definition) is 0. The third-order valence-electron chi connectivity index (χ3n) is 4.32. The quantitative estimate of drug-likeness (QED) is 0.723. The monoisotopic (exact) mass is 396 g/mol. The van der Waals surface area contributed by atoms with E-state index in [2.05, 4.69) is 4.90 Å². The van der Waals surface area contributed by atoms with Gasteiger partial charge in [-0.3, -0.25) is 4.79 Å². The Morgan fingerprint density at radius 1 is 1.04 bits per heavy atom. The number of thioether (sulfide) groups is 1. The van der Waals surface area contributed by atoms with Crippen molar-refractivity contribution < 1.29 is 22.7 Å². The minimum Gasteiger partial charge on any atom is -0.497 e. The van der Waals surface area contributed by atoms with Crippen molar-refractivity contribution in [2.75, 3.05) is 38.2 Å². The van der Waals surface area contributed by atoms with E-state index in [1.165, 1.54) is 24.3 Å². The molecule has 1 amide bonds. The first-order valence-electron chi connectivity index (χ1n) is 8.40. The molecule has 8 heteroatoms. The predicted molar refractivity (Wildman–Crippen MR) is 99.5 cm³/mol. The van der Waals surface area contributed by atoms with Gasteiger partial charge in [-0.15, -0.1) is 0 Å². The Morgan fingerprint density at radius 3 is 2.30 bits per heavy atom. The second kappa shape index (κ2) is 8.12. The van der Waals surface area contributed by atoms with Crippen LogP contribution in [0.2, 0.25) is 0 Å². The number of methoxy groups -OCH3 is 1. The average molecular weight is 396 g/mol. The van der Waals surface area contributed by atoms with Crippen LogP contribution in [0, 0.1) is 0 Å². The summed E-state index contributed by atoms with van der Waals surface area (Å²) >= 11 is -0.184. The highest BCUT2D eigenvalue weighted by molar-refractivity contribution is 8.00. The Morgan fingerprint density at radius 2 is 1.70 bits per heavy atom. The average Bonchev–Trinajstić information content (AvgIpc) is 2.67. The van der Waals surface area contributed by atoms with Crippen LogP contribution in [0.3, 0.4) is 0 Å². The second-order valence-electron chi connectivity index (χ2n) is 6.05. The van der Waals surface area contributed by atoms with Crippen molar-refractivity contribution in [3.8, 4) is 5.75 Å². The largest absolute Gasteiger partial charge is 0.497 e. The van der Waals surface area contributed by atoms with Crippen molar-refractivity contribution >= 4 is 23.4 Å². The number of piperazine rings is 1. The molecule has 1 heterocycles. The van der Waals surface area contributed by atoms with Crippen molar-refractivity contribution in [2.45, 2.75) is 10.4 Å². The molecule has 0 bridgehead atoms. The third-order valence-corrected chi connectivity index (χ3v) is 5.06. The fraction of sp³-hybridized carbons (Fsp3) is 0.316. The van der Waals surface area contributed by atoms with E-state index in [0.29, 0.717) is 31.7 Å². The second-order valence-corrected chi connectivity index (χ2v) is 7.19. The lowest BCUT2D eigenvalue weighted by Gasteiger charge is -2.36. The first-order valence-corrected chi connectivity index (χ1v) is 9.21. The van der Waals surface area contributed by atoms with Gasteiger partial charge in [-0.25, -0.2) is 0 Å². The minimum absolute atomic E-state index is 0.0712. The lowest BCUT2D eigenvalue weighted by Crippen LogP contribution is -2.48. The van der Waals surface area contributed by atoms with Crippen LogP contribution < -0.4 is 9.64 Å². The van der Waals surface area contributed by atoms with E-state index in [-0.39, 0.29) is 22.6 Å².